The van der Waals surface area contributed by atoms with Crippen molar-refractivity contribution in [2.45, 2.75) is 25.7 Å². The molecule has 22 heavy (non-hydrogen) atoms. The van der Waals surface area contributed by atoms with Gasteiger partial charge in [0, 0.05) is 17.8 Å². The van der Waals surface area contributed by atoms with Gasteiger partial charge in [-0.15, -0.1) is 0 Å². The first-order chi connectivity index (χ1) is 10.7. The standard InChI is InChI=1S/C19H22N2O/c1-14-4-6-16(7-5-14)19(22)21-18-10-8-15(9-11-18)17-3-2-12-20-13-17/h4-11,17,20H,2-3,12-13H2,1H3,(H,21,22)/t17-/m0/s1. The van der Waals surface area contributed by atoms with Crippen LogP contribution < -0.4 is 10.6 Å². The maximum Gasteiger partial charge on any atom is 0.255 e. The van der Waals surface area contributed by atoms with Gasteiger partial charge in [0.1, 0.15) is 0 Å². The van der Waals surface area contributed by atoms with Crippen LogP contribution in [-0.2, 0) is 0 Å². The van der Waals surface area contributed by atoms with Gasteiger partial charge in [0.05, 0.1) is 0 Å². The molecular formula is C19H22N2O. The first-order valence-electron chi connectivity index (χ1n) is 7.91. The summed E-state index contributed by atoms with van der Waals surface area (Å²) in [5.74, 6) is 0.530. The largest absolute Gasteiger partial charge is 0.322 e. The second-order valence-corrected chi connectivity index (χ2v) is 5.99. The maximum atomic E-state index is 12.2. The summed E-state index contributed by atoms with van der Waals surface area (Å²) in [5.41, 5.74) is 4.03. The summed E-state index contributed by atoms with van der Waals surface area (Å²) in [4.78, 5) is 12.2. The summed E-state index contributed by atoms with van der Waals surface area (Å²) >= 11 is 0. The molecule has 0 radical (unpaired) electrons. The van der Waals surface area contributed by atoms with Gasteiger partial charge in [-0.2, -0.15) is 0 Å². The zero-order chi connectivity index (χ0) is 15.4. The van der Waals surface area contributed by atoms with E-state index in [-0.39, 0.29) is 5.91 Å². The highest BCUT2D eigenvalue weighted by Gasteiger charge is 2.15. The van der Waals surface area contributed by atoms with E-state index in [1.165, 1.54) is 18.4 Å². The first kappa shape index (κ1) is 14.8. The van der Waals surface area contributed by atoms with Gasteiger partial charge in [0.2, 0.25) is 0 Å². The van der Waals surface area contributed by atoms with Crippen LogP contribution in [0, 0.1) is 6.92 Å². The molecule has 1 aliphatic rings. The molecule has 1 atom stereocenters. The number of anilines is 1. The van der Waals surface area contributed by atoms with Crippen molar-refractivity contribution in [1.82, 2.24) is 5.32 Å². The summed E-state index contributed by atoms with van der Waals surface area (Å²) in [6, 6.07) is 15.9. The predicted octanol–water partition coefficient (Wildman–Crippen LogP) is 3.71. The normalized spacial score (nSPS) is 18.0. The highest BCUT2D eigenvalue weighted by molar-refractivity contribution is 6.04. The van der Waals surface area contributed by atoms with Crippen molar-refractivity contribution in [3.05, 3.63) is 65.2 Å². The Morgan fingerprint density at radius 2 is 1.82 bits per heavy atom. The number of nitrogens with one attached hydrogen (secondary N) is 2. The topological polar surface area (TPSA) is 41.1 Å². The molecule has 2 N–H and O–H groups in total. The van der Waals surface area contributed by atoms with E-state index in [0.717, 1.165) is 24.3 Å². The van der Waals surface area contributed by atoms with Crippen LogP contribution in [0.25, 0.3) is 0 Å². The fourth-order valence-electron chi connectivity index (χ4n) is 2.88. The van der Waals surface area contributed by atoms with Crippen LogP contribution >= 0.6 is 0 Å². The average Bonchev–Trinajstić information content (AvgIpc) is 2.57. The number of piperidine rings is 1. The fraction of sp³-hybridized carbons (Fsp3) is 0.316. The number of hydrogen-bond donors (Lipinski definition) is 2. The quantitative estimate of drug-likeness (QED) is 0.906. The van der Waals surface area contributed by atoms with E-state index < -0.39 is 0 Å². The number of carbonyl (C=O) groups is 1. The lowest BCUT2D eigenvalue weighted by Crippen LogP contribution is -2.28. The Morgan fingerprint density at radius 1 is 1.09 bits per heavy atom. The first-order valence-corrected chi connectivity index (χ1v) is 7.91. The van der Waals surface area contributed by atoms with E-state index in [1.807, 2.05) is 43.3 Å². The summed E-state index contributed by atoms with van der Waals surface area (Å²) in [6.45, 7) is 4.19. The Bertz CT molecular complexity index is 625. The maximum absolute atomic E-state index is 12.2. The van der Waals surface area contributed by atoms with E-state index in [1.54, 1.807) is 0 Å². The van der Waals surface area contributed by atoms with E-state index in [9.17, 15) is 4.79 Å². The zero-order valence-electron chi connectivity index (χ0n) is 12.9. The minimum Gasteiger partial charge on any atom is -0.322 e. The SMILES string of the molecule is Cc1ccc(C(=O)Nc2ccc([C@H]3CCCNC3)cc2)cc1. The van der Waals surface area contributed by atoms with E-state index >= 15 is 0 Å². The second-order valence-electron chi connectivity index (χ2n) is 5.99. The molecule has 1 amide bonds. The van der Waals surface area contributed by atoms with Gasteiger partial charge < -0.3 is 10.6 Å². The van der Waals surface area contributed by atoms with Crippen molar-refractivity contribution in [2.75, 3.05) is 18.4 Å². The summed E-state index contributed by atoms with van der Waals surface area (Å²) in [5, 5.41) is 6.39. The van der Waals surface area contributed by atoms with Crippen LogP contribution in [0.2, 0.25) is 0 Å². The molecule has 114 valence electrons. The molecule has 1 fully saturated rings. The number of carbonyl (C=O) groups excluding carboxylic acids is 1. The van der Waals surface area contributed by atoms with Crippen LogP contribution in [0.4, 0.5) is 5.69 Å². The lowest BCUT2D eigenvalue weighted by Gasteiger charge is -2.23. The van der Waals surface area contributed by atoms with Crippen molar-refractivity contribution in [1.29, 1.82) is 0 Å². The molecule has 0 spiro atoms. The highest BCUT2D eigenvalue weighted by Crippen LogP contribution is 2.24. The fourth-order valence-corrected chi connectivity index (χ4v) is 2.88. The molecule has 3 nitrogen and oxygen atoms in total. The van der Waals surface area contributed by atoms with Crippen LogP contribution in [0.5, 0.6) is 0 Å². The Balaban J connectivity index is 1.65. The zero-order valence-corrected chi connectivity index (χ0v) is 12.9. The van der Waals surface area contributed by atoms with Gasteiger partial charge in [0.15, 0.2) is 0 Å². The number of aryl methyl sites for hydroxylation is 1. The Kier molecular flexibility index (Phi) is 4.54. The Labute approximate surface area is 131 Å². The van der Waals surface area contributed by atoms with Crippen molar-refractivity contribution in [3.8, 4) is 0 Å². The molecule has 0 saturated carbocycles. The molecule has 2 aromatic carbocycles. The van der Waals surface area contributed by atoms with Crippen LogP contribution in [0.1, 0.15) is 40.2 Å². The van der Waals surface area contributed by atoms with Crippen molar-refractivity contribution in [3.63, 3.8) is 0 Å². The monoisotopic (exact) mass is 294 g/mol. The molecule has 3 heteroatoms. The lowest BCUT2D eigenvalue weighted by atomic mass is 9.91. The van der Waals surface area contributed by atoms with Crippen molar-refractivity contribution >= 4 is 11.6 Å². The number of hydrogen-bond acceptors (Lipinski definition) is 2. The molecule has 0 aromatic heterocycles. The molecule has 0 aliphatic carbocycles. The van der Waals surface area contributed by atoms with E-state index in [0.29, 0.717) is 11.5 Å². The molecule has 2 aromatic rings. The van der Waals surface area contributed by atoms with Crippen LogP contribution in [0.15, 0.2) is 48.5 Å². The molecule has 0 bridgehead atoms. The van der Waals surface area contributed by atoms with Gasteiger partial charge in [-0.25, -0.2) is 0 Å². The summed E-state index contributed by atoms with van der Waals surface area (Å²) in [6.07, 6.45) is 2.47. The third-order valence-electron chi connectivity index (χ3n) is 4.25. The third kappa shape index (κ3) is 3.55. The molecular weight excluding hydrogens is 272 g/mol. The predicted molar refractivity (Wildman–Crippen MR) is 90.4 cm³/mol. The Morgan fingerprint density at radius 3 is 2.45 bits per heavy atom. The van der Waals surface area contributed by atoms with Gasteiger partial charge in [-0.1, -0.05) is 29.8 Å². The van der Waals surface area contributed by atoms with Crippen molar-refractivity contribution in [2.24, 2.45) is 0 Å². The molecule has 1 heterocycles. The third-order valence-corrected chi connectivity index (χ3v) is 4.25. The van der Waals surface area contributed by atoms with Crippen LogP contribution in [-0.4, -0.2) is 19.0 Å². The van der Waals surface area contributed by atoms with Gasteiger partial charge >= 0.3 is 0 Å². The van der Waals surface area contributed by atoms with Crippen LogP contribution in [0.3, 0.4) is 0 Å². The Hall–Kier alpha value is -2.13. The van der Waals surface area contributed by atoms with Gasteiger partial charge in [-0.05, 0) is 62.1 Å². The second kappa shape index (κ2) is 6.75. The summed E-state index contributed by atoms with van der Waals surface area (Å²) in [7, 11) is 0. The summed E-state index contributed by atoms with van der Waals surface area (Å²) < 4.78 is 0. The number of amides is 1. The smallest absolute Gasteiger partial charge is 0.255 e. The molecule has 0 unspecified atom stereocenters. The van der Waals surface area contributed by atoms with Gasteiger partial charge in [0.25, 0.3) is 5.91 Å². The number of rotatable bonds is 3. The molecule has 1 saturated heterocycles. The highest BCUT2D eigenvalue weighted by atomic mass is 16.1. The molecule has 1 aliphatic heterocycles. The average molecular weight is 294 g/mol. The molecule has 3 rings (SSSR count). The number of benzene rings is 2. The van der Waals surface area contributed by atoms with Crippen molar-refractivity contribution < 1.29 is 4.79 Å². The minimum atomic E-state index is -0.0629. The van der Waals surface area contributed by atoms with E-state index in [2.05, 4.69) is 22.8 Å². The van der Waals surface area contributed by atoms with Gasteiger partial charge in [-0.3, -0.25) is 4.79 Å². The lowest BCUT2D eigenvalue weighted by molar-refractivity contribution is 0.102. The van der Waals surface area contributed by atoms with E-state index in [4.69, 9.17) is 0 Å². The minimum absolute atomic E-state index is 0.0629.